The van der Waals surface area contributed by atoms with Gasteiger partial charge in [0.25, 0.3) is 0 Å². The van der Waals surface area contributed by atoms with Crippen LogP contribution < -0.4 is 20.1 Å². The minimum atomic E-state index is -0.907. The van der Waals surface area contributed by atoms with E-state index in [4.69, 9.17) is 19.9 Å². The molecule has 2 N–H and O–H groups in total. The first-order valence-electron chi connectivity index (χ1n) is 9.01. The fourth-order valence-electron chi connectivity index (χ4n) is 3.35. The molecule has 7 nitrogen and oxygen atoms in total. The molecular formula is C20H20F2N4O3. The fraction of sp³-hybridized carbons (Fsp3) is 0.300. The second-order valence-corrected chi connectivity index (χ2v) is 6.61. The summed E-state index contributed by atoms with van der Waals surface area (Å²) in [4.78, 5) is 10.9. The van der Waals surface area contributed by atoms with Crippen molar-refractivity contribution < 1.29 is 23.0 Å². The second-order valence-electron chi connectivity index (χ2n) is 6.61. The highest BCUT2D eigenvalue weighted by atomic mass is 19.2. The first kappa shape index (κ1) is 19.1. The quantitative estimate of drug-likeness (QED) is 0.718. The molecule has 3 aromatic rings. The lowest BCUT2D eigenvalue weighted by atomic mass is 10.1. The summed E-state index contributed by atoms with van der Waals surface area (Å²) in [7, 11) is 3.09. The molecular weight excluding hydrogens is 382 g/mol. The molecule has 1 unspecified atom stereocenters. The smallest absolute Gasteiger partial charge is 0.228 e. The van der Waals surface area contributed by atoms with E-state index >= 15 is 0 Å². The van der Waals surface area contributed by atoms with Crippen LogP contribution in [0.4, 0.5) is 20.5 Å². The van der Waals surface area contributed by atoms with E-state index in [2.05, 4.69) is 9.97 Å². The molecule has 0 bridgehead atoms. The number of rotatable bonds is 4. The monoisotopic (exact) mass is 402 g/mol. The molecule has 1 fully saturated rings. The number of anilines is 2. The lowest BCUT2D eigenvalue weighted by molar-refractivity contribution is 0.0390. The standard InChI is InChI=1S/C20H20F2N4O3/c1-27-16-8-12-15(9-17(16)28-2)24-20(25-19(12)23)26-5-6-29-18(10-26)11-3-4-13(21)14(22)7-11/h3-4,7-9,18H,5-6,10H2,1-2H3,(H2,23,24,25). The second kappa shape index (κ2) is 7.67. The van der Waals surface area contributed by atoms with Gasteiger partial charge in [-0.15, -0.1) is 0 Å². The predicted octanol–water partition coefficient (Wildman–Crippen LogP) is 3.09. The molecule has 9 heteroatoms. The van der Waals surface area contributed by atoms with Crippen LogP contribution in [0.5, 0.6) is 11.5 Å². The van der Waals surface area contributed by atoms with Gasteiger partial charge in [0.1, 0.15) is 11.9 Å². The number of ether oxygens (including phenoxy) is 3. The third kappa shape index (κ3) is 3.61. The average Bonchev–Trinajstić information content (AvgIpc) is 2.74. The van der Waals surface area contributed by atoms with Gasteiger partial charge in [-0.25, -0.2) is 13.8 Å². The van der Waals surface area contributed by atoms with Crippen molar-refractivity contribution in [3.8, 4) is 11.5 Å². The van der Waals surface area contributed by atoms with E-state index in [1.54, 1.807) is 26.4 Å². The van der Waals surface area contributed by atoms with Gasteiger partial charge in [-0.2, -0.15) is 4.98 Å². The van der Waals surface area contributed by atoms with Crippen LogP contribution in [0.25, 0.3) is 10.9 Å². The molecule has 1 atom stereocenters. The molecule has 0 radical (unpaired) electrons. The minimum Gasteiger partial charge on any atom is -0.493 e. The number of hydrogen-bond acceptors (Lipinski definition) is 7. The van der Waals surface area contributed by atoms with Gasteiger partial charge in [0.15, 0.2) is 23.1 Å². The SMILES string of the molecule is COc1cc2nc(N3CCOC(c4ccc(F)c(F)c4)C3)nc(N)c2cc1OC. The topological polar surface area (TPSA) is 82.7 Å². The number of aromatic nitrogens is 2. The Morgan fingerprint density at radius 1 is 1.07 bits per heavy atom. The number of fused-ring (bicyclic) bond motifs is 1. The van der Waals surface area contributed by atoms with Crippen LogP contribution in [0, 0.1) is 11.6 Å². The maximum Gasteiger partial charge on any atom is 0.228 e. The van der Waals surface area contributed by atoms with E-state index < -0.39 is 17.7 Å². The van der Waals surface area contributed by atoms with Crippen molar-refractivity contribution in [3.63, 3.8) is 0 Å². The first-order chi connectivity index (χ1) is 14.0. The Bertz CT molecular complexity index is 1060. The molecule has 1 aliphatic rings. The first-order valence-corrected chi connectivity index (χ1v) is 9.01. The summed E-state index contributed by atoms with van der Waals surface area (Å²) in [5.74, 6) is 0.00494. The zero-order chi connectivity index (χ0) is 20.5. The van der Waals surface area contributed by atoms with Crippen molar-refractivity contribution >= 4 is 22.7 Å². The lowest BCUT2D eigenvalue weighted by Crippen LogP contribution is -2.39. The van der Waals surface area contributed by atoms with E-state index in [-0.39, 0.29) is 0 Å². The Morgan fingerprint density at radius 3 is 2.55 bits per heavy atom. The summed E-state index contributed by atoms with van der Waals surface area (Å²) in [5, 5.41) is 0.650. The number of nitrogens with two attached hydrogens (primary N) is 1. The number of methoxy groups -OCH3 is 2. The number of halogens is 2. The summed E-state index contributed by atoms with van der Waals surface area (Å²) in [6, 6.07) is 7.23. The maximum absolute atomic E-state index is 13.6. The van der Waals surface area contributed by atoms with Crippen LogP contribution in [0.2, 0.25) is 0 Å². The Balaban J connectivity index is 1.67. The molecule has 4 rings (SSSR count). The van der Waals surface area contributed by atoms with Crippen LogP contribution in [-0.4, -0.2) is 43.9 Å². The third-order valence-corrected chi connectivity index (χ3v) is 4.88. The van der Waals surface area contributed by atoms with Crippen LogP contribution in [0.1, 0.15) is 11.7 Å². The normalized spacial score (nSPS) is 16.8. The van der Waals surface area contributed by atoms with Crippen molar-refractivity contribution in [3.05, 3.63) is 47.5 Å². The average molecular weight is 402 g/mol. The highest BCUT2D eigenvalue weighted by molar-refractivity contribution is 5.91. The summed E-state index contributed by atoms with van der Waals surface area (Å²) in [6.45, 7) is 1.30. The van der Waals surface area contributed by atoms with Gasteiger partial charge in [0.05, 0.1) is 32.9 Å². The third-order valence-electron chi connectivity index (χ3n) is 4.88. The molecule has 0 saturated carbocycles. The largest absolute Gasteiger partial charge is 0.493 e. The molecule has 0 spiro atoms. The lowest BCUT2D eigenvalue weighted by Gasteiger charge is -2.33. The Labute approximate surface area is 166 Å². The van der Waals surface area contributed by atoms with Gasteiger partial charge < -0.3 is 24.8 Å². The van der Waals surface area contributed by atoms with Gasteiger partial charge in [0.2, 0.25) is 5.95 Å². The number of nitrogens with zero attached hydrogens (tertiary/aromatic N) is 3. The van der Waals surface area contributed by atoms with E-state index in [9.17, 15) is 8.78 Å². The van der Waals surface area contributed by atoms with Crippen LogP contribution >= 0.6 is 0 Å². The highest BCUT2D eigenvalue weighted by Crippen LogP contribution is 2.34. The molecule has 29 heavy (non-hydrogen) atoms. The van der Waals surface area contributed by atoms with Gasteiger partial charge in [-0.3, -0.25) is 0 Å². The number of hydrogen-bond donors (Lipinski definition) is 1. The Morgan fingerprint density at radius 2 is 1.83 bits per heavy atom. The number of benzene rings is 2. The molecule has 1 saturated heterocycles. The fourth-order valence-corrected chi connectivity index (χ4v) is 3.35. The van der Waals surface area contributed by atoms with E-state index in [0.29, 0.717) is 59.4 Å². The summed E-state index contributed by atoms with van der Waals surface area (Å²) in [5.41, 5.74) is 7.33. The van der Waals surface area contributed by atoms with Gasteiger partial charge in [-0.05, 0) is 23.8 Å². The van der Waals surface area contributed by atoms with Gasteiger partial charge in [-0.1, -0.05) is 6.07 Å². The van der Waals surface area contributed by atoms with Crippen molar-refractivity contribution in [1.82, 2.24) is 9.97 Å². The van der Waals surface area contributed by atoms with E-state index in [1.807, 2.05) is 4.90 Å². The number of morpholine rings is 1. The summed E-state index contributed by atoms with van der Waals surface area (Å²) in [6.07, 6.45) is -0.440. The Hall–Kier alpha value is -3.20. The molecule has 152 valence electrons. The number of nitrogen functional groups attached to an aromatic ring is 1. The van der Waals surface area contributed by atoms with E-state index in [1.165, 1.54) is 6.07 Å². The van der Waals surface area contributed by atoms with Crippen molar-refractivity contribution in [2.75, 3.05) is 44.5 Å². The van der Waals surface area contributed by atoms with Crippen LogP contribution in [-0.2, 0) is 4.74 Å². The Kier molecular flexibility index (Phi) is 5.06. The van der Waals surface area contributed by atoms with E-state index in [0.717, 1.165) is 12.1 Å². The molecule has 1 aliphatic heterocycles. The predicted molar refractivity (Wildman–Crippen MR) is 104 cm³/mol. The summed E-state index contributed by atoms with van der Waals surface area (Å²) < 4.78 is 43.2. The van der Waals surface area contributed by atoms with Gasteiger partial charge >= 0.3 is 0 Å². The molecule has 0 aliphatic carbocycles. The molecule has 2 aromatic carbocycles. The zero-order valence-corrected chi connectivity index (χ0v) is 16.0. The minimum absolute atomic E-state index is 0.307. The molecule has 1 aromatic heterocycles. The van der Waals surface area contributed by atoms with Crippen LogP contribution in [0.3, 0.4) is 0 Å². The van der Waals surface area contributed by atoms with Crippen molar-refractivity contribution in [2.24, 2.45) is 0 Å². The maximum atomic E-state index is 13.6. The van der Waals surface area contributed by atoms with Crippen LogP contribution in [0.15, 0.2) is 30.3 Å². The zero-order valence-electron chi connectivity index (χ0n) is 16.0. The highest BCUT2D eigenvalue weighted by Gasteiger charge is 2.25. The molecule has 0 amide bonds. The van der Waals surface area contributed by atoms with Crippen molar-refractivity contribution in [2.45, 2.75) is 6.10 Å². The van der Waals surface area contributed by atoms with Gasteiger partial charge in [0, 0.05) is 18.0 Å². The molecule has 2 heterocycles. The van der Waals surface area contributed by atoms with Crippen molar-refractivity contribution in [1.29, 1.82) is 0 Å². The summed E-state index contributed by atoms with van der Waals surface area (Å²) >= 11 is 0.